The summed E-state index contributed by atoms with van der Waals surface area (Å²) in [5.41, 5.74) is 1.30. The molecule has 112 valence electrons. The summed E-state index contributed by atoms with van der Waals surface area (Å²) in [5.74, 6) is 1.61. The molecule has 3 nitrogen and oxygen atoms in total. The smallest absolute Gasteiger partial charge is 0.119 e. The van der Waals surface area contributed by atoms with E-state index in [4.69, 9.17) is 9.47 Å². The number of ether oxygens (including phenoxy) is 2. The van der Waals surface area contributed by atoms with Crippen molar-refractivity contribution < 1.29 is 9.47 Å². The van der Waals surface area contributed by atoms with Crippen molar-refractivity contribution in [3.8, 4) is 5.75 Å². The van der Waals surface area contributed by atoms with Crippen LogP contribution in [-0.4, -0.2) is 25.9 Å². The third-order valence-electron chi connectivity index (χ3n) is 3.56. The third kappa shape index (κ3) is 5.51. The van der Waals surface area contributed by atoms with Gasteiger partial charge in [0.2, 0.25) is 0 Å². The Morgan fingerprint density at radius 2 is 1.90 bits per heavy atom. The molecular formula is C17H27NO2. The van der Waals surface area contributed by atoms with Crippen molar-refractivity contribution in [3.63, 3.8) is 0 Å². The van der Waals surface area contributed by atoms with Crippen molar-refractivity contribution in [2.24, 2.45) is 5.92 Å². The summed E-state index contributed by atoms with van der Waals surface area (Å²) in [6.45, 7) is 7.75. The van der Waals surface area contributed by atoms with Gasteiger partial charge in [0, 0.05) is 6.54 Å². The van der Waals surface area contributed by atoms with Crippen molar-refractivity contribution >= 4 is 0 Å². The summed E-state index contributed by atoms with van der Waals surface area (Å²) in [5, 5.41) is 3.44. The van der Waals surface area contributed by atoms with Gasteiger partial charge in [0.25, 0.3) is 0 Å². The zero-order valence-electron chi connectivity index (χ0n) is 12.7. The first-order chi connectivity index (χ1) is 9.74. The van der Waals surface area contributed by atoms with Gasteiger partial charge >= 0.3 is 0 Å². The summed E-state index contributed by atoms with van der Waals surface area (Å²) < 4.78 is 11.3. The van der Waals surface area contributed by atoms with Gasteiger partial charge < -0.3 is 14.8 Å². The standard InChI is InChI=1S/C17H27NO2/c1-14(2)12-18-13-15-6-8-17(9-7-15)20-11-10-19-16-4-3-5-16/h6-9,14,16,18H,3-5,10-13H2,1-2H3. The Bertz CT molecular complexity index is 371. The van der Waals surface area contributed by atoms with Crippen molar-refractivity contribution in [2.75, 3.05) is 19.8 Å². The van der Waals surface area contributed by atoms with E-state index in [-0.39, 0.29) is 0 Å². The lowest BCUT2D eigenvalue weighted by molar-refractivity contribution is -0.0103. The predicted molar refractivity (Wildman–Crippen MR) is 82.1 cm³/mol. The van der Waals surface area contributed by atoms with Gasteiger partial charge in [-0.05, 0) is 49.4 Å². The van der Waals surface area contributed by atoms with E-state index in [2.05, 4.69) is 31.3 Å². The van der Waals surface area contributed by atoms with Crippen LogP contribution in [0.1, 0.15) is 38.7 Å². The maximum atomic E-state index is 5.68. The highest BCUT2D eigenvalue weighted by Gasteiger charge is 2.17. The van der Waals surface area contributed by atoms with Gasteiger partial charge in [-0.25, -0.2) is 0 Å². The van der Waals surface area contributed by atoms with E-state index in [1.165, 1.54) is 24.8 Å². The highest BCUT2D eigenvalue weighted by Crippen LogP contribution is 2.21. The van der Waals surface area contributed by atoms with Crippen LogP contribution in [-0.2, 0) is 11.3 Å². The second-order valence-corrected chi connectivity index (χ2v) is 5.94. The van der Waals surface area contributed by atoms with Crippen molar-refractivity contribution in [3.05, 3.63) is 29.8 Å². The highest BCUT2D eigenvalue weighted by atomic mass is 16.5. The second-order valence-electron chi connectivity index (χ2n) is 5.94. The number of rotatable bonds is 9. The Hall–Kier alpha value is -1.06. The first-order valence-corrected chi connectivity index (χ1v) is 7.78. The first kappa shape index (κ1) is 15.3. The quantitative estimate of drug-likeness (QED) is 0.702. The van der Waals surface area contributed by atoms with E-state index in [9.17, 15) is 0 Å². The SMILES string of the molecule is CC(C)CNCc1ccc(OCCOC2CCC2)cc1. The number of hydrogen-bond donors (Lipinski definition) is 1. The van der Waals surface area contributed by atoms with E-state index in [1.54, 1.807) is 0 Å². The zero-order chi connectivity index (χ0) is 14.2. The Morgan fingerprint density at radius 1 is 1.15 bits per heavy atom. The van der Waals surface area contributed by atoms with Crippen LogP contribution >= 0.6 is 0 Å². The minimum Gasteiger partial charge on any atom is -0.491 e. The average Bonchev–Trinajstić information content (AvgIpc) is 2.38. The molecule has 3 heteroatoms. The molecule has 1 aliphatic carbocycles. The van der Waals surface area contributed by atoms with Crippen LogP contribution in [0.3, 0.4) is 0 Å². The molecule has 0 saturated heterocycles. The normalized spacial score (nSPS) is 15.3. The summed E-state index contributed by atoms with van der Waals surface area (Å²) >= 11 is 0. The van der Waals surface area contributed by atoms with Gasteiger partial charge in [-0.3, -0.25) is 0 Å². The number of nitrogens with one attached hydrogen (secondary N) is 1. The minimum absolute atomic E-state index is 0.494. The van der Waals surface area contributed by atoms with E-state index < -0.39 is 0 Å². The van der Waals surface area contributed by atoms with E-state index in [0.29, 0.717) is 25.2 Å². The summed E-state index contributed by atoms with van der Waals surface area (Å²) in [6, 6.07) is 8.32. The molecule has 1 N–H and O–H groups in total. The highest BCUT2D eigenvalue weighted by molar-refractivity contribution is 5.27. The molecule has 2 rings (SSSR count). The monoisotopic (exact) mass is 277 g/mol. The molecule has 0 radical (unpaired) electrons. The van der Waals surface area contributed by atoms with E-state index >= 15 is 0 Å². The van der Waals surface area contributed by atoms with Crippen LogP contribution in [0.15, 0.2) is 24.3 Å². The fourth-order valence-electron chi connectivity index (χ4n) is 2.12. The predicted octanol–water partition coefficient (Wildman–Crippen LogP) is 3.38. The molecule has 0 aliphatic heterocycles. The molecule has 0 unspecified atom stereocenters. The van der Waals surface area contributed by atoms with Crippen molar-refractivity contribution in [1.29, 1.82) is 0 Å². The molecule has 0 amide bonds. The topological polar surface area (TPSA) is 30.5 Å². The summed E-state index contributed by atoms with van der Waals surface area (Å²) in [4.78, 5) is 0. The number of benzene rings is 1. The molecule has 1 aromatic rings. The molecule has 0 atom stereocenters. The lowest BCUT2D eigenvalue weighted by atomic mass is 9.96. The van der Waals surface area contributed by atoms with E-state index in [0.717, 1.165) is 18.8 Å². The second kappa shape index (κ2) is 8.28. The van der Waals surface area contributed by atoms with Gasteiger partial charge in [0.1, 0.15) is 12.4 Å². The number of hydrogen-bond acceptors (Lipinski definition) is 3. The minimum atomic E-state index is 0.494. The van der Waals surface area contributed by atoms with Gasteiger partial charge in [0.15, 0.2) is 0 Å². The van der Waals surface area contributed by atoms with Crippen LogP contribution in [0.5, 0.6) is 5.75 Å². The summed E-state index contributed by atoms with van der Waals surface area (Å²) in [6.07, 6.45) is 4.25. The molecule has 1 fully saturated rings. The largest absolute Gasteiger partial charge is 0.491 e. The lowest BCUT2D eigenvalue weighted by Crippen LogP contribution is -2.23. The van der Waals surface area contributed by atoms with Crippen LogP contribution < -0.4 is 10.1 Å². The van der Waals surface area contributed by atoms with Gasteiger partial charge in [-0.2, -0.15) is 0 Å². The van der Waals surface area contributed by atoms with Gasteiger partial charge in [-0.15, -0.1) is 0 Å². The van der Waals surface area contributed by atoms with Gasteiger partial charge in [-0.1, -0.05) is 26.0 Å². The maximum absolute atomic E-state index is 5.68. The molecule has 20 heavy (non-hydrogen) atoms. The Labute approximate surface area is 122 Å². The third-order valence-corrected chi connectivity index (χ3v) is 3.56. The lowest BCUT2D eigenvalue weighted by Gasteiger charge is -2.25. The van der Waals surface area contributed by atoms with Crippen LogP contribution in [0.2, 0.25) is 0 Å². The molecule has 0 aromatic heterocycles. The molecular weight excluding hydrogens is 250 g/mol. The first-order valence-electron chi connectivity index (χ1n) is 7.78. The Balaban J connectivity index is 1.60. The van der Waals surface area contributed by atoms with Crippen LogP contribution in [0.4, 0.5) is 0 Å². The fourth-order valence-corrected chi connectivity index (χ4v) is 2.12. The Kier molecular flexibility index (Phi) is 6.34. The molecule has 1 saturated carbocycles. The maximum Gasteiger partial charge on any atom is 0.119 e. The van der Waals surface area contributed by atoms with Crippen LogP contribution in [0.25, 0.3) is 0 Å². The molecule has 1 aromatic carbocycles. The fraction of sp³-hybridized carbons (Fsp3) is 0.647. The molecule has 0 bridgehead atoms. The zero-order valence-corrected chi connectivity index (χ0v) is 12.7. The van der Waals surface area contributed by atoms with Crippen molar-refractivity contribution in [1.82, 2.24) is 5.32 Å². The van der Waals surface area contributed by atoms with Gasteiger partial charge in [0.05, 0.1) is 12.7 Å². The summed E-state index contributed by atoms with van der Waals surface area (Å²) in [7, 11) is 0. The average molecular weight is 277 g/mol. The molecule has 0 spiro atoms. The van der Waals surface area contributed by atoms with E-state index in [1.807, 2.05) is 12.1 Å². The molecule has 1 aliphatic rings. The van der Waals surface area contributed by atoms with Crippen molar-refractivity contribution in [2.45, 2.75) is 45.8 Å². The Morgan fingerprint density at radius 3 is 2.50 bits per heavy atom. The molecule has 0 heterocycles. The van der Waals surface area contributed by atoms with Crippen LogP contribution in [0, 0.1) is 5.92 Å².